The van der Waals surface area contributed by atoms with Crippen LogP contribution in [0.25, 0.3) is 43.8 Å². The number of fused-ring (bicyclic) bond motifs is 2. The molecule has 35 heavy (non-hydrogen) atoms. The molecule has 3 heteroatoms. The zero-order valence-electron chi connectivity index (χ0n) is 19.1. The van der Waals surface area contributed by atoms with Crippen molar-refractivity contribution in [1.82, 2.24) is 0 Å². The van der Waals surface area contributed by atoms with Gasteiger partial charge in [0.15, 0.2) is 0 Å². The summed E-state index contributed by atoms with van der Waals surface area (Å²) in [6.45, 7) is 0. The summed E-state index contributed by atoms with van der Waals surface area (Å²) in [5, 5.41) is 4.57. The lowest BCUT2D eigenvalue weighted by molar-refractivity contribution is 0.487. The second-order valence-corrected chi connectivity index (χ2v) is 8.67. The molecule has 3 nitrogen and oxygen atoms in total. The predicted octanol–water partition coefficient (Wildman–Crippen LogP) is 8.28. The maximum Gasteiger partial charge on any atom is 0.135 e. The van der Waals surface area contributed by atoms with Gasteiger partial charge in [-0.1, -0.05) is 84.9 Å². The Labute approximate surface area is 204 Å². The van der Waals surface area contributed by atoms with Crippen molar-refractivity contribution in [3.8, 4) is 33.8 Å². The Morgan fingerprint density at radius 2 is 0.800 bits per heavy atom. The van der Waals surface area contributed by atoms with Crippen LogP contribution in [-0.4, -0.2) is 0 Å². The summed E-state index contributed by atoms with van der Waals surface area (Å²) >= 11 is 0. The predicted molar refractivity (Wildman–Crippen MR) is 148 cm³/mol. The number of nitrogen functional groups attached to an aromatic ring is 2. The molecule has 0 atom stereocenters. The first-order chi connectivity index (χ1) is 17.2. The third-order valence-electron chi connectivity index (χ3n) is 6.40. The lowest BCUT2D eigenvalue weighted by atomic mass is 9.95. The fourth-order valence-corrected chi connectivity index (χ4v) is 4.69. The topological polar surface area (TPSA) is 61.3 Å². The van der Waals surface area contributed by atoms with Gasteiger partial charge in [-0.15, -0.1) is 0 Å². The van der Waals surface area contributed by atoms with Gasteiger partial charge in [-0.2, -0.15) is 0 Å². The number of rotatable bonds is 4. The number of anilines is 2. The molecule has 4 N–H and O–H groups in total. The standard InChI is InChI=1S/C32H24N2O/c33-25-15-9-23(10-16-25)31-27-7-3-1-5-21(27)13-19-29(31)35-30-20-14-22-6-2-4-8-28(22)32(30)24-11-17-26(34)18-12-24/h1-20H,33-34H2. The highest BCUT2D eigenvalue weighted by molar-refractivity contribution is 6.02. The van der Waals surface area contributed by atoms with Gasteiger partial charge in [0.05, 0.1) is 0 Å². The molecule has 0 amide bonds. The number of ether oxygens (including phenoxy) is 1. The molecule has 168 valence electrons. The van der Waals surface area contributed by atoms with Gasteiger partial charge in [0.1, 0.15) is 11.5 Å². The van der Waals surface area contributed by atoms with Crippen molar-refractivity contribution in [1.29, 1.82) is 0 Å². The quantitative estimate of drug-likeness (QED) is 0.265. The van der Waals surface area contributed by atoms with E-state index in [0.29, 0.717) is 0 Å². The van der Waals surface area contributed by atoms with Crippen LogP contribution in [0.15, 0.2) is 121 Å². The van der Waals surface area contributed by atoms with Crippen molar-refractivity contribution in [2.24, 2.45) is 0 Å². The van der Waals surface area contributed by atoms with E-state index >= 15 is 0 Å². The first-order valence-corrected chi connectivity index (χ1v) is 11.6. The van der Waals surface area contributed by atoms with Gasteiger partial charge in [0.25, 0.3) is 0 Å². The maximum absolute atomic E-state index is 6.76. The molecule has 0 saturated carbocycles. The normalized spacial score (nSPS) is 11.1. The van der Waals surface area contributed by atoms with Crippen molar-refractivity contribution in [2.75, 3.05) is 11.5 Å². The van der Waals surface area contributed by atoms with E-state index in [9.17, 15) is 0 Å². The molecule has 6 aromatic rings. The number of hydrogen-bond donors (Lipinski definition) is 2. The van der Waals surface area contributed by atoms with Gasteiger partial charge < -0.3 is 16.2 Å². The third kappa shape index (κ3) is 3.83. The number of nitrogens with two attached hydrogens (primary N) is 2. The highest BCUT2D eigenvalue weighted by Crippen LogP contribution is 2.44. The fourth-order valence-electron chi connectivity index (χ4n) is 4.69. The molecular formula is C32H24N2O. The Morgan fingerprint density at radius 3 is 1.23 bits per heavy atom. The van der Waals surface area contributed by atoms with Crippen molar-refractivity contribution >= 4 is 32.9 Å². The summed E-state index contributed by atoms with van der Waals surface area (Å²) in [5.74, 6) is 1.58. The van der Waals surface area contributed by atoms with Crippen LogP contribution in [-0.2, 0) is 0 Å². The van der Waals surface area contributed by atoms with E-state index in [2.05, 4.69) is 72.8 Å². The smallest absolute Gasteiger partial charge is 0.135 e. The first kappa shape index (κ1) is 20.8. The van der Waals surface area contributed by atoms with E-state index in [1.807, 2.05) is 48.5 Å². The Kier molecular flexibility index (Phi) is 5.08. The number of benzene rings is 6. The van der Waals surface area contributed by atoms with Gasteiger partial charge in [0, 0.05) is 22.5 Å². The van der Waals surface area contributed by atoms with E-state index < -0.39 is 0 Å². The van der Waals surface area contributed by atoms with Crippen LogP contribution in [0.5, 0.6) is 11.5 Å². The molecule has 0 radical (unpaired) electrons. The Hall–Kier alpha value is -4.76. The molecule has 6 aromatic carbocycles. The third-order valence-corrected chi connectivity index (χ3v) is 6.40. The molecule has 0 aliphatic heterocycles. The maximum atomic E-state index is 6.76. The monoisotopic (exact) mass is 452 g/mol. The van der Waals surface area contributed by atoms with Crippen LogP contribution in [0, 0.1) is 0 Å². The summed E-state index contributed by atoms with van der Waals surface area (Å²) in [7, 11) is 0. The van der Waals surface area contributed by atoms with E-state index in [4.69, 9.17) is 16.2 Å². The minimum absolute atomic E-state index is 0.733. The highest BCUT2D eigenvalue weighted by atomic mass is 16.5. The molecule has 0 aromatic heterocycles. The zero-order chi connectivity index (χ0) is 23.8. The average Bonchev–Trinajstić information content (AvgIpc) is 2.90. The summed E-state index contributed by atoms with van der Waals surface area (Å²) in [6, 6.07) is 40.9. The molecular weight excluding hydrogens is 428 g/mol. The van der Waals surface area contributed by atoms with Crippen LogP contribution in [0.3, 0.4) is 0 Å². The summed E-state index contributed by atoms with van der Waals surface area (Å²) in [4.78, 5) is 0. The Morgan fingerprint density at radius 1 is 0.400 bits per heavy atom. The van der Waals surface area contributed by atoms with E-state index in [-0.39, 0.29) is 0 Å². The van der Waals surface area contributed by atoms with Crippen LogP contribution >= 0.6 is 0 Å². The minimum Gasteiger partial charge on any atom is -0.456 e. The summed E-state index contributed by atoms with van der Waals surface area (Å²) in [5.41, 5.74) is 17.6. The van der Waals surface area contributed by atoms with Gasteiger partial charge in [-0.25, -0.2) is 0 Å². The Bertz CT molecular complexity index is 1540. The molecule has 0 aliphatic rings. The molecule has 0 aliphatic carbocycles. The van der Waals surface area contributed by atoms with Crippen molar-refractivity contribution in [2.45, 2.75) is 0 Å². The van der Waals surface area contributed by atoms with E-state index in [1.165, 1.54) is 0 Å². The molecule has 0 fully saturated rings. The van der Waals surface area contributed by atoms with Gasteiger partial charge in [-0.3, -0.25) is 0 Å². The van der Waals surface area contributed by atoms with Crippen LogP contribution in [0.4, 0.5) is 11.4 Å². The molecule has 0 heterocycles. The second kappa shape index (κ2) is 8.54. The van der Waals surface area contributed by atoms with Gasteiger partial charge in [-0.05, 0) is 69.1 Å². The summed E-state index contributed by atoms with van der Waals surface area (Å²) < 4.78 is 6.76. The minimum atomic E-state index is 0.733. The second-order valence-electron chi connectivity index (χ2n) is 8.67. The molecule has 6 rings (SSSR count). The SMILES string of the molecule is Nc1ccc(-c2c(Oc3ccc4ccccc4c3-c3ccc(N)cc3)ccc3ccccc23)cc1. The molecule has 0 unspecified atom stereocenters. The summed E-state index contributed by atoms with van der Waals surface area (Å²) in [6.07, 6.45) is 0. The van der Waals surface area contributed by atoms with E-state index in [1.54, 1.807) is 0 Å². The van der Waals surface area contributed by atoms with Crippen LogP contribution < -0.4 is 16.2 Å². The van der Waals surface area contributed by atoms with Crippen LogP contribution in [0.1, 0.15) is 0 Å². The van der Waals surface area contributed by atoms with E-state index in [0.717, 1.165) is 66.7 Å². The largest absolute Gasteiger partial charge is 0.456 e. The average molecular weight is 453 g/mol. The number of hydrogen-bond acceptors (Lipinski definition) is 3. The molecule has 0 bridgehead atoms. The molecule has 0 spiro atoms. The zero-order valence-corrected chi connectivity index (χ0v) is 19.1. The highest BCUT2D eigenvalue weighted by Gasteiger charge is 2.16. The first-order valence-electron chi connectivity index (χ1n) is 11.6. The van der Waals surface area contributed by atoms with Gasteiger partial charge >= 0.3 is 0 Å². The van der Waals surface area contributed by atoms with Crippen molar-refractivity contribution in [3.63, 3.8) is 0 Å². The molecule has 0 saturated heterocycles. The van der Waals surface area contributed by atoms with Crippen molar-refractivity contribution < 1.29 is 4.74 Å². The van der Waals surface area contributed by atoms with Crippen molar-refractivity contribution in [3.05, 3.63) is 121 Å². The lowest BCUT2D eigenvalue weighted by Crippen LogP contribution is -1.94. The van der Waals surface area contributed by atoms with Gasteiger partial charge in [0.2, 0.25) is 0 Å². The fraction of sp³-hybridized carbons (Fsp3) is 0. The Balaban J connectivity index is 1.58. The van der Waals surface area contributed by atoms with Crippen LogP contribution in [0.2, 0.25) is 0 Å². The lowest BCUT2D eigenvalue weighted by Gasteiger charge is -2.18.